The molecule has 0 amide bonds. The van der Waals surface area contributed by atoms with Crippen molar-refractivity contribution in [3.05, 3.63) is 54.1 Å². The van der Waals surface area contributed by atoms with Gasteiger partial charge in [0.2, 0.25) is 0 Å². The minimum atomic E-state index is 0.00139. The number of rotatable bonds is 6. The number of ether oxygens (including phenoxy) is 4. The van der Waals surface area contributed by atoms with Crippen LogP contribution in [0.4, 0.5) is 0 Å². The quantitative estimate of drug-likeness (QED) is 0.806. The summed E-state index contributed by atoms with van der Waals surface area (Å²) in [6.07, 6.45) is 0.00139. The van der Waals surface area contributed by atoms with Crippen LogP contribution in [0.25, 0.3) is 0 Å². The highest BCUT2D eigenvalue weighted by Gasteiger charge is 2.20. The molecule has 0 spiro atoms. The van der Waals surface area contributed by atoms with Gasteiger partial charge in [0.25, 0.3) is 0 Å². The molecule has 5 nitrogen and oxygen atoms in total. The molecule has 5 heteroatoms. The van der Waals surface area contributed by atoms with Crippen molar-refractivity contribution >= 4 is 0 Å². The highest BCUT2D eigenvalue weighted by atomic mass is 16.5. The summed E-state index contributed by atoms with van der Waals surface area (Å²) in [7, 11) is 3.35. The standard InChI is InChI=1S/C20H25NO4/c1-22-17-6-8-18(9-7-17)25-20-14-21(10-11-24-15-20)13-16-4-3-5-19(12-16)23-2/h3-9,12,20H,10-11,13-15H2,1-2H3/t20-/m1/s1. The number of methoxy groups -OCH3 is 2. The van der Waals surface area contributed by atoms with Crippen LogP contribution < -0.4 is 14.2 Å². The van der Waals surface area contributed by atoms with Gasteiger partial charge < -0.3 is 18.9 Å². The first-order valence-electron chi connectivity index (χ1n) is 8.50. The maximum atomic E-state index is 6.10. The van der Waals surface area contributed by atoms with Crippen LogP contribution in [0.5, 0.6) is 17.2 Å². The van der Waals surface area contributed by atoms with E-state index in [0.717, 1.165) is 36.9 Å². The third-order valence-electron chi connectivity index (χ3n) is 4.22. The van der Waals surface area contributed by atoms with E-state index in [-0.39, 0.29) is 6.10 Å². The SMILES string of the molecule is COc1ccc(O[C@H]2COCCN(Cc3cccc(OC)c3)C2)cc1. The Morgan fingerprint density at radius 1 is 1.00 bits per heavy atom. The van der Waals surface area contributed by atoms with E-state index in [1.54, 1.807) is 14.2 Å². The summed E-state index contributed by atoms with van der Waals surface area (Å²) in [5.41, 5.74) is 1.23. The van der Waals surface area contributed by atoms with Gasteiger partial charge in [-0.1, -0.05) is 12.1 Å². The van der Waals surface area contributed by atoms with Gasteiger partial charge in [-0.3, -0.25) is 4.90 Å². The molecule has 1 heterocycles. The Morgan fingerprint density at radius 3 is 2.52 bits per heavy atom. The van der Waals surface area contributed by atoms with Crippen molar-refractivity contribution in [1.29, 1.82) is 0 Å². The van der Waals surface area contributed by atoms with E-state index in [1.165, 1.54) is 5.56 Å². The molecule has 1 aliphatic rings. The van der Waals surface area contributed by atoms with Gasteiger partial charge in [-0.15, -0.1) is 0 Å². The van der Waals surface area contributed by atoms with Crippen molar-refractivity contribution in [2.24, 2.45) is 0 Å². The van der Waals surface area contributed by atoms with Crippen LogP contribution in [-0.4, -0.2) is 51.5 Å². The molecule has 134 valence electrons. The molecule has 1 fully saturated rings. The second-order valence-corrected chi connectivity index (χ2v) is 6.08. The minimum Gasteiger partial charge on any atom is -0.497 e. The van der Waals surface area contributed by atoms with Crippen molar-refractivity contribution in [3.8, 4) is 17.2 Å². The molecular weight excluding hydrogens is 318 g/mol. The number of hydrogen-bond acceptors (Lipinski definition) is 5. The normalized spacial score (nSPS) is 18.4. The molecule has 2 aromatic rings. The smallest absolute Gasteiger partial charge is 0.135 e. The van der Waals surface area contributed by atoms with Crippen molar-refractivity contribution in [2.75, 3.05) is 40.5 Å². The van der Waals surface area contributed by atoms with Crippen LogP contribution >= 0.6 is 0 Å². The summed E-state index contributed by atoms with van der Waals surface area (Å²) < 4.78 is 22.3. The first-order chi connectivity index (χ1) is 12.3. The van der Waals surface area contributed by atoms with E-state index >= 15 is 0 Å². The largest absolute Gasteiger partial charge is 0.497 e. The molecule has 0 unspecified atom stereocenters. The van der Waals surface area contributed by atoms with Crippen molar-refractivity contribution in [2.45, 2.75) is 12.6 Å². The maximum Gasteiger partial charge on any atom is 0.135 e. The van der Waals surface area contributed by atoms with Gasteiger partial charge in [0.1, 0.15) is 23.4 Å². The molecule has 1 saturated heterocycles. The van der Waals surface area contributed by atoms with Crippen molar-refractivity contribution in [1.82, 2.24) is 4.90 Å². The summed E-state index contributed by atoms with van der Waals surface area (Å²) in [5, 5.41) is 0. The number of benzene rings is 2. The molecule has 0 N–H and O–H groups in total. The lowest BCUT2D eigenvalue weighted by atomic mass is 10.2. The molecular formula is C20H25NO4. The van der Waals surface area contributed by atoms with Crippen molar-refractivity contribution < 1.29 is 18.9 Å². The van der Waals surface area contributed by atoms with Gasteiger partial charge in [-0.2, -0.15) is 0 Å². The molecule has 25 heavy (non-hydrogen) atoms. The van der Waals surface area contributed by atoms with Crippen LogP contribution in [0.2, 0.25) is 0 Å². The van der Waals surface area contributed by atoms with Gasteiger partial charge in [-0.05, 0) is 42.0 Å². The van der Waals surface area contributed by atoms with E-state index in [2.05, 4.69) is 17.0 Å². The average Bonchev–Trinajstić information content (AvgIpc) is 2.87. The van der Waals surface area contributed by atoms with Gasteiger partial charge in [0, 0.05) is 19.6 Å². The average molecular weight is 343 g/mol. The Morgan fingerprint density at radius 2 is 1.76 bits per heavy atom. The molecule has 3 rings (SSSR count). The minimum absolute atomic E-state index is 0.00139. The maximum absolute atomic E-state index is 6.10. The zero-order valence-corrected chi connectivity index (χ0v) is 14.8. The van der Waals surface area contributed by atoms with Gasteiger partial charge in [0.05, 0.1) is 27.4 Å². The van der Waals surface area contributed by atoms with Crippen LogP contribution in [0.1, 0.15) is 5.56 Å². The highest BCUT2D eigenvalue weighted by molar-refractivity contribution is 5.31. The van der Waals surface area contributed by atoms with Crippen LogP contribution in [0.15, 0.2) is 48.5 Å². The van der Waals surface area contributed by atoms with E-state index in [1.807, 2.05) is 36.4 Å². The van der Waals surface area contributed by atoms with E-state index < -0.39 is 0 Å². The summed E-state index contributed by atoms with van der Waals surface area (Å²) >= 11 is 0. The molecule has 1 atom stereocenters. The number of hydrogen-bond donors (Lipinski definition) is 0. The second-order valence-electron chi connectivity index (χ2n) is 6.08. The predicted octanol–water partition coefficient (Wildman–Crippen LogP) is 2.98. The monoisotopic (exact) mass is 343 g/mol. The number of nitrogens with zero attached hydrogens (tertiary/aromatic N) is 1. The molecule has 2 aromatic carbocycles. The second kappa shape index (κ2) is 8.74. The molecule has 0 aliphatic carbocycles. The lowest BCUT2D eigenvalue weighted by molar-refractivity contribution is 0.0710. The van der Waals surface area contributed by atoms with Crippen molar-refractivity contribution in [3.63, 3.8) is 0 Å². The van der Waals surface area contributed by atoms with Crippen LogP contribution in [-0.2, 0) is 11.3 Å². The Balaban J connectivity index is 1.61. The first-order valence-corrected chi connectivity index (χ1v) is 8.50. The van der Waals surface area contributed by atoms with E-state index in [0.29, 0.717) is 13.2 Å². The fourth-order valence-electron chi connectivity index (χ4n) is 2.93. The van der Waals surface area contributed by atoms with E-state index in [9.17, 15) is 0 Å². The summed E-state index contributed by atoms with van der Waals surface area (Å²) in [4.78, 5) is 2.36. The zero-order valence-electron chi connectivity index (χ0n) is 14.8. The molecule has 0 bridgehead atoms. The summed E-state index contributed by atoms with van der Waals surface area (Å²) in [5.74, 6) is 2.54. The summed E-state index contributed by atoms with van der Waals surface area (Å²) in [6.45, 7) is 3.87. The fraction of sp³-hybridized carbons (Fsp3) is 0.400. The van der Waals surface area contributed by atoms with Gasteiger partial charge in [0.15, 0.2) is 0 Å². The molecule has 1 aliphatic heterocycles. The molecule has 0 radical (unpaired) electrons. The zero-order chi connectivity index (χ0) is 17.5. The fourth-order valence-corrected chi connectivity index (χ4v) is 2.93. The Labute approximate surface area is 149 Å². The summed E-state index contributed by atoms with van der Waals surface area (Å²) in [6, 6.07) is 15.8. The van der Waals surface area contributed by atoms with Crippen LogP contribution in [0, 0.1) is 0 Å². The molecule has 0 aromatic heterocycles. The Hall–Kier alpha value is -2.24. The third-order valence-corrected chi connectivity index (χ3v) is 4.22. The van der Waals surface area contributed by atoms with Gasteiger partial charge >= 0.3 is 0 Å². The third kappa shape index (κ3) is 5.11. The van der Waals surface area contributed by atoms with E-state index in [4.69, 9.17) is 18.9 Å². The lowest BCUT2D eigenvalue weighted by Crippen LogP contribution is -2.35. The lowest BCUT2D eigenvalue weighted by Gasteiger charge is -2.24. The van der Waals surface area contributed by atoms with Gasteiger partial charge in [-0.25, -0.2) is 0 Å². The Bertz CT molecular complexity index is 659. The topological polar surface area (TPSA) is 40.2 Å². The highest BCUT2D eigenvalue weighted by Crippen LogP contribution is 2.20. The van der Waals surface area contributed by atoms with Crippen LogP contribution in [0.3, 0.4) is 0 Å². The Kier molecular flexibility index (Phi) is 6.14. The molecule has 0 saturated carbocycles. The predicted molar refractivity (Wildman–Crippen MR) is 96.5 cm³/mol. The first kappa shape index (κ1) is 17.6.